The minimum Gasteiger partial charge on any atom is -0.368 e. The lowest BCUT2D eigenvalue weighted by Crippen LogP contribution is -2.29. The molecule has 3 aromatic rings. The molecule has 0 saturated heterocycles. The fraction of sp³-hybridized carbons (Fsp3) is 0.269. The van der Waals surface area contributed by atoms with Crippen molar-refractivity contribution in [2.75, 3.05) is 36.8 Å². The highest BCUT2D eigenvalue weighted by atomic mass is 35.5. The number of nitrogens with one attached hydrogen (secondary N) is 4. The molecule has 39 heavy (non-hydrogen) atoms. The van der Waals surface area contributed by atoms with E-state index in [1.165, 1.54) is 6.92 Å². The molecule has 0 radical (unpaired) electrons. The van der Waals surface area contributed by atoms with Gasteiger partial charge in [0.1, 0.15) is 11.6 Å². The van der Waals surface area contributed by atoms with Crippen molar-refractivity contribution in [1.29, 1.82) is 0 Å². The molecule has 206 valence electrons. The van der Waals surface area contributed by atoms with Gasteiger partial charge in [0.05, 0.1) is 0 Å². The lowest BCUT2D eigenvalue weighted by Gasteiger charge is -2.16. The summed E-state index contributed by atoms with van der Waals surface area (Å²) in [6.45, 7) is 4.53. The molecule has 9 nitrogen and oxygen atoms in total. The van der Waals surface area contributed by atoms with Crippen LogP contribution in [0.2, 0.25) is 5.02 Å². The van der Waals surface area contributed by atoms with E-state index in [4.69, 9.17) is 11.6 Å². The number of carbonyl (C=O) groups is 3. The Balaban J connectivity index is 1.66. The number of aromatic nitrogens is 2. The molecule has 2 amide bonds. The zero-order chi connectivity index (χ0) is 28.6. The molecule has 0 bridgehead atoms. The average Bonchev–Trinajstić information content (AvgIpc) is 2.90. The van der Waals surface area contributed by atoms with Gasteiger partial charge < -0.3 is 21.3 Å². The standard InChI is InChI=1S/C26H26ClF3N6O3/c1-15-22(32-12-11-31-16(2)37)35-24(18-7-9-20(27)10-8-18)36-23(15)33-13-14-34-25(39)19-5-3-17(4-6-19)21(38)26(28,29)30/h3-10H,11-14H2,1-2H3,(H,31,37)(H,34,39)(H2,32,33,35,36). The van der Waals surface area contributed by atoms with Crippen molar-refractivity contribution in [1.82, 2.24) is 20.6 Å². The van der Waals surface area contributed by atoms with E-state index >= 15 is 0 Å². The van der Waals surface area contributed by atoms with Gasteiger partial charge in [0.15, 0.2) is 5.82 Å². The van der Waals surface area contributed by atoms with Gasteiger partial charge in [-0.1, -0.05) is 23.7 Å². The Morgan fingerprint density at radius 1 is 0.795 bits per heavy atom. The Kier molecular flexibility index (Phi) is 9.83. The first-order valence-electron chi connectivity index (χ1n) is 11.8. The Bertz CT molecular complexity index is 1330. The molecule has 0 aliphatic rings. The van der Waals surface area contributed by atoms with Gasteiger partial charge in [0, 0.05) is 60.4 Å². The summed E-state index contributed by atoms with van der Waals surface area (Å²) in [5.41, 5.74) is 1.01. The summed E-state index contributed by atoms with van der Waals surface area (Å²) < 4.78 is 37.7. The smallest absolute Gasteiger partial charge is 0.368 e. The van der Waals surface area contributed by atoms with E-state index in [1.807, 2.05) is 6.92 Å². The number of anilines is 2. The summed E-state index contributed by atoms with van der Waals surface area (Å²) in [6.07, 6.45) is -4.98. The van der Waals surface area contributed by atoms with Crippen LogP contribution >= 0.6 is 11.6 Å². The van der Waals surface area contributed by atoms with Crippen molar-refractivity contribution >= 4 is 40.8 Å². The van der Waals surface area contributed by atoms with E-state index < -0.39 is 23.4 Å². The first-order valence-corrected chi connectivity index (χ1v) is 12.2. The first kappa shape index (κ1) is 29.4. The number of alkyl halides is 3. The van der Waals surface area contributed by atoms with Crippen molar-refractivity contribution in [3.05, 3.63) is 70.2 Å². The summed E-state index contributed by atoms with van der Waals surface area (Å²) >= 11 is 6.00. The number of amides is 2. The molecular weight excluding hydrogens is 537 g/mol. The molecule has 0 aliphatic carbocycles. The van der Waals surface area contributed by atoms with E-state index in [1.54, 1.807) is 24.3 Å². The summed E-state index contributed by atoms with van der Waals surface area (Å²) in [4.78, 5) is 44.0. The second kappa shape index (κ2) is 13.1. The van der Waals surface area contributed by atoms with Crippen LogP contribution in [-0.4, -0.2) is 59.9 Å². The monoisotopic (exact) mass is 562 g/mol. The number of nitrogens with zero attached hydrogens (tertiary/aromatic N) is 2. The molecular formula is C26H26ClF3N6O3. The molecule has 1 heterocycles. The summed E-state index contributed by atoms with van der Waals surface area (Å²) in [7, 11) is 0. The molecule has 1 aromatic heterocycles. The Hall–Kier alpha value is -4.19. The van der Waals surface area contributed by atoms with Gasteiger partial charge >= 0.3 is 6.18 Å². The SMILES string of the molecule is CC(=O)NCCNc1nc(-c2ccc(Cl)cc2)nc(NCCNC(=O)c2ccc(C(=O)C(F)(F)F)cc2)c1C. The third kappa shape index (κ3) is 8.40. The maximum atomic E-state index is 12.6. The van der Waals surface area contributed by atoms with Crippen molar-refractivity contribution in [2.45, 2.75) is 20.0 Å². The zero-order valence-corrected chi connectivity index (χ0v) is 21.8. The van der Waals surface area contributed by atoms with Crippen LogP contribution in [-0.2, 0) is 4.79 Å². The highest BCUT2D eigenvalue weighted by Crippen LogP contribution is 2.26. The summed E-state index contributed by atoms with van der Waals surface area (Å²) in [5.74, 6) is -1.13. The van der Waals surface area contributed by atoms with Crippen molar-refractivity contribution < 1.29 is 27.6 Å². The second-order valence-electron chi connectivity index (χ2n) is 8.37. The minimum absolute atomic E-state index is 0.114. The number of rotatable bonds is 11. The van der Waals surface area contributed by atoms with Gasteiger partial charge in [-0.15, -0.1) is 0 Å². The van der Waals surface area contributed by atoms with E-state index in [9.17, 15) is 27.6 Å². The lowest BCUT2D eigenvalue weighted by atomic mass is 10.1. The predicted molar refractivity (Wildman–Crippen MR) is 142 cm³/mol. The Morgan fingerprint density at radius 2 is 1.31 bits per heavy atom. The highest BCUT2D eigenvalue weighted by Gasteiger charge is 2.39. The molecule has 0 aliphatic heterocycles. The molecule has 0 unspecified atom stereocenters. The largest absolute Gasteiger partial charge is 0.454 e. The van der Waals surface area contributed by atoms with E-state index in [-0.39, 0.29) is 24.6 Å². The second-order valence-corrected chi connectivity index (χ2v) is 8.81. The Labute approximate surface area is 227 Å². The zero-order valence-electron chi connectivity index (χ0n) is 21.1. The van der Waals surface area contributed by atoms with Crippen molar-refractivity contribution in [2.24, 2.45) is 0 Å². The van der Waals surface area contributed by atoms with Crippen LogP contribution in [0.4, 0.5) is 24.8 Å². The van der Waals surface area contributed by atoms with Gasteiger partial charge in [-0.25, -0.2) is 9.97 Å². The molecule has 13 heteroatoms. The van der Waals surface area contributed by atoms with Gasteiger partial charge in [-0.2, -0.15) is 13.2 Å². The van der Waals surface area contributed by atoms with Crippen LogP contribution in [0.15, 0.2) is 48.5 Å². The predicted octanol–water partition coefficient (Wildman–Crippen LogP) is 4.24. The van der Waals surface area contributed by atoms with Gasteiger partial charge in [0.25, 0.3) is 11.7 Å². The van der Waals surface area contributed by atoms with Gasteiger partial charge in [-0.3, -0.25) is 14.4 Å². The maximum Gasteiger partial charge on any atom is 0.454 e. The van der Waals surface area contributed by atoms with Crippen LogP contribution in [0.25, 0.3) is 11.4 Å². The average molecular weight is 563 g/mol. The van der Waals surface area contributed by atoms with E-state index in [0.29, 0.717) is 41.1 Å². The lowest BCUT2D eigenvalue weighted by molar-refractivity contribution is -0.118. The number of halogens is 4. The topological polar surface area (TPSA) is 125 Å². The number of Topliss-reactive ketones (excluding diaryl/α,β-unsaturated/α-hetero) is 1. The van der Waals surface area contributed by atoms with Crippen LogP contribution in [0, 0.1) is 6.92 Å². The van der Waals surface area contributed by atoms with Crippen LogP contribution in [0.5, 0.6) is 0 Å². The first-order chi connectivity index (χ1) is 18.5. The van der Waals surface area contributed by atoms with E-state index in [0.717, 1.165) is 29.8 Å². The maximum absolute atomic E-state index is 12.6. The molecule has 2 aromatic carbocycles. The molecule has 3 rings (SSSR count). The molecule has 4 N–H and O–H groups in total. The third-order valence-corrected chi connectivity index (χ3v) is 5.66. The molecule has 0 atom stereocenters. The quantitative estimate of drug-likeness (QED) is 0.203. The normalized spacial score (nSPS) is 11.0. The Morgan fingerprint density at radius 3 is 1.82 bits per heavy atom. The highest BCUT2D eigenvalue weighted by molar-refractivity contribution is 6.30. The summed E-state index contributed by atoms with van der Waals surface area (Å²) in [6, 6.07) is 11.3. The van der Waals surface area contributed by atoms with E-state index in [2.05, 4.69) is 31.2 Å². The van der Waals surface area contributed by atoms with Crippen LogP contribution in [0.3, 0.4) is 0 Å². The van der Waals surface area contributed by atoms with Crippen molar-refractivity contribution in [3.8, 4) is 11.4 Å². The fourth-order valence-corrected chi connectivity index (χ4v) is 3.53. The number of hydrogen-bond donors (Lipinski definition) is 4. The number of benzene rings is 2. The molecule has 0 spiro atoms. The summed E-state index contributed by atoms with van der Waals surface area (Å²) in [5, 5.41) is 12.3. The minimum atomic E-state index is -4.98. The van der Waals surface area contributed by atoms with Gasteiger partial charge in [0.2, 0.25) is 5.91 Å². The number of ketones is 1. The third-order valence-electron chi connectivity index (χ3n) is 5.41. The fourth-order valence-electron chi connectivity index (χ4n) is 3.40. The van der Waals surface area contributed by atoms with Crippen LogP contribution < -0.4 is 21.3 Å². The number of hydrogen-bond acceptors (Lipinski definition) is 7. The number of carbonyl (C=O) groups excluding carboxylic acids is 3. The molecule has 0 saturated carbocycles. The van der Waals surface area contributed by atoms with Gasteiger partial charge in [-0.05, 0) is 43.3 Å². The van der Waals surface area contributed by atoms with Crippen LogP contribution in [0.1, 0.15) is 33.2 Å². The van der Waals surface area contributed by atoms with Crippen molar-refractivity contribution in [3.63, 3.8) is 0 Å². The molecule has 0 fully saturated rings.